The molecule has 0 unspecified atom stereocenters. The monoisotopic (exact) mass is 241 g/mol. The Morgan fingerprint density at radius 3 is 2.53 bits per heavy atom. The highest BCUT2D eigenvalue weighted by molar-refractivity contribution is 7.22. The van der Waals surface area contributed by atoms with Gasteiger partial charge in [-0.1, -0.05) is 35.9 Å². The molecule has 0 atom stereocenters. The van der Waals surface area contributed by atoms with E-state index in [1.807, 2.05) is 12.1 Å². The third-order valence-electron chi connectivity index (χ3n) is 2.69. The topological polar surface area (TPSA) is 33.1 Å². The summed E-state index contributed by atoms with van der Waals surface area (Å²) in [6, 6.07) is 13.7. The van der Waals surface area contributed by atoms with Crippen LogP contribution in [0.1, 0.15) is 5.56 Å². The Labute approximate surface area is 103 Å². The van der Waals surface area contributed by atoms with Crippen molar-refractivity contribution in [3.63, 3.8) is 0 Å². The van der Waals surface area contributed by atoms with Crippen LogP contribution in [-0.4, -0.2) is 10.1 Å². The molecule has 0 amide bonds. The fourth-order valence-electron chi connectivity index (χ4n) is 1.75. The van der Waals surface area contributed by atoms with Crippen LogP contribution in [0.2, 0.25) is 0 Å². The van der Waals surface area contributed by atoms with Crippen LogP contribution >= 0.6 is 11.3 Å². The van der Waals surface area contributed by atoms with Gasteiger partial charge in [-0.2, -0.15) is 0 Å². The summed E-state index contributed by atoms with van der Waals surface area (Å²) >= 11 is 1.52. The number of fused-ring (bicyclic) bond motifs is 1. The minimum absolute atomic E-state index is 0.304. The number of rotatable bonds is 1. The summed E-state index contributed by atoms with van der Waals surface area (Å²) in [7, 11) is 0. The van der Waals surface area contributed by atoms with E-state index in [0.717, 1.165) is 20.8 Å². The van der Waals surface area contributed by atoms with Crippen LogP contribution < -0.4 is 0 Å². The van der Waals surface area contributed by atoms with Crippen molar-refractivity contribution < 1.29 is 5.11 Å². The number of hydrogen-bond acceptors (Lipinski definition) is 3. The Hall–Kier alpha value is -1.87. The molecule has 0 aliphatic heterocycles. The van der Waals surface area contributed by atoms with Crippen LogP contribution in [0.15, 0.2) is 42.5 Å². The number of aromatic nitrogens is 1. The summed E-state index contributed by atoms with van der Waals surface area (Å²) in [4.78, 5) is 4.53. The van der Waals surface area contributed by atoms with Crippen LogP contribution in [0.25, 0.3) is 20.8 Å². The number of phenols is 1. The van der Waals surface area contributed by atoms with Crippen molar-refractivity contribution in [2.24, 2.45) is 0 Å². The average molecular weight is 241 g/mol. The third-order valence-corrected chi connectivity index (χ3v) is 3.84. The molecule has 1 N–H and O–H groups in total. The van der Waals surface area contributed by atoms with E-state index in [4.69, 9.17) is 0 Å². The lowest BCUT2D eigenvalue weighted by atomic mass is 10.2. The lowest BCUT2D eigenvalue weighted by Gasteiger charge is -1.95. The van der Waals surface area contributed by atoms with E-state index in [-0.39, 0.29) is 0 Å². The Bertz CT molecular complexity index is 670. The first-order valence-corrected chi connectivity index (χ1v) is 6.21. The summed E-state index contributed by atoms with van der Waals surface area (Å²) in [5.41, 5.74) is 3.18. The molecule has 3 aromatic rings. The first-order valence-electron chi connectivity index (χ1n) is 5.39. The van der Waals surface area contributed by atoms with Crippen LogP contribution in [0, 0.1) is 6.92 Å². The Balaban J connectivity index is 2.18. The van der Waals surface area contributed by atoms with Gasteiger partial charge in [0, 0.05) is 5.56 Å². The van der Waals surface area contributed by atoms with Gasteiger partial charge in [0.15, 0.2) is 0 Å². The first kappa shape index (κ1) is 10.3. The zero-order valence-corrected chi connectivity index (χ0v) is 10.2. The van der Waals surface area contributed by atoms with Crippen molar-refractivity contribution in [1.82, 2.24) is 4.98 Å². The fourth-order valence-corrected chi connectivity index (χ4v) is 2.74. The van der Waals surface area contributed by atoms with Gasteiger partial charge in [-0.05, 0) is 19.1 Å². The van der Waals surface area contributed by atoms with Crippen molar-refractivity contribution in [3.8, 4) is 16.3 Å². The summed E-state index contributed by atoms with van der Waals surface area (Å²) in [6.07, 6.45) is 0. The molecule has 2 aromatic carbocycles. The standard InChI is InChI=1S/C14H11NOS/c1-9-5-7-10(8-6-9)14-15-11-3-2-4-12(16)13(11)17-14/h2-8,16H,1H3. The second-order valence-electron chi connectivity index (χ2n) is 4.01. The van der Waals surface area contributed by atoms with E-state index in [1.165, 1.54) is 16.9 Å². The number of benzene rings is 2. The molecule has 0 aliphatic rings. The summed E-state index contributed by atoms with van der Waals surface area (Å²) in [5, 5.41) is 10.7. The maximum Gasteiger partial charge on any atom is 0.135 e. The van der Waals surface area contributed by atoms with Gasteiger partial charge in [0.25, 0.3) is 0 Å². The lowest BCUT2D eigenvalue weighted by Crippen LogP contribution is -1.76. The second kappa shape index (κ2) is 3.86. The molecule has 0 saturated heterocycles. The van der Waals surface area contributed by atoms with Gasteiger partial charge in [-0.3, -0.25) is 0 Å². The lowest BCUT2D eigenvalue weighted by molar-refractivity contribution is 0.482. The van der Waals surface area contributed by atoms with E-state index in [2.05, 4.69) is 36.2 Å². The quantitative estimate of drug-likeness (QED) is 0.699. The molecule has 2 nitrogen and oxygen atoms in total. The third kappa shape index (κ3) is 1.78. The van der Waals surface area contributed by atoms with Crippen molar-refractivity contribution in [1.29, 1.82) is 0 Å². The number of aromatic hydroxyl groups is 1. The molecule has 0 bridgehead atoms. The number of hydrogen-bond donors (Lipinski definition) is 1. The molecule has 1 heterocycles. The number of aryl methyl sites for hydroxylation is 1. The average Bonchev–Trinajstić information content (AvgIpc) is 2.75. The molecule has 3 rings (SSSR count). The first-order chi connectivity index (χ1) is 8.24. The van der Waals surface area contributed by atoms with E-state index in [0.29, 0.717) is 5.75 Å². The van der Waals surface area contributed by atoms with Gasteiger partial charge >= 0.3 is 0 Å². The molecular weight excluding hydrogens is 230 g/mol. The largest absolute Gasteiger partial charge is 0.506 e. The highest BCUT2D eigenvalue weighted by Gasteiger charge is 2.08. The van der Waals surface area contributed by atoms with E-state index in [9.17, 15) is 5.11 Å². The normalized spacial score (nSPS) is 10.9. The van der Waals surface area contributed by atoms with Gasteiger partial charge in [0.2, 0.25) is 0 Å². The smallest absolute Gasteiger partial charge is 0.135 e. The zero-order chi connectivity index (χ0) is 11.8. The molecule has 0 radical (unpaired) electrons. The van der Waals surface area contributed by atoms with Crippen LogP contribution in [-0.2, 0) is 0 Å². The van der Waals surface area contributed by atoms with Gasteiger partial charge in [0.1, 0.15) is 10.8 Å². The highest BCUT2D eigenvalue weighted by atomic mass is 32.1. The SMILES string of the molecule is Cc1ccc(-c2nc3cccc(O)c3s2)cc1. The Morgan fingerprint density at radius 2 is 1.82 bits per heavy atom. The maximum absolute atomic E-state index is 9.75. The number of nitrogens with zero attached hydrogens (tertiary/aromatic N) is 1. The van der Waals surface area contributed by atoms with Crippen molar-refractivity contribution in [3.05, 3.63) is 48.0 Å². The molecule has 17 heavy (non-hydrogen) atoms. The number of thiazole rings is 1. The van der Waals surface area contributed by atoms with Crippen molar-refractivity contribution in [2.75, 3.05) is 0 Å². The Morgan fingerprint density at radius 1 is 1.06 bits per heavy atom. The number of phenolic OH excluding ortho intramolecular Hbond substituents is 1. The zero-order valence-electron chi connectivity index (χ0n) is 9.34. The highest BCUT2D eigenvalue weighted by Crippen LogP contribution is 2.35. The second-order valence-corrected chi connectivity index (χ2v) is 5.01. The predicted octanol–water partition coefficient (Wildman–Crippen LogP) is 3.98. The fraction of sp³-hybridized carbons (Fsp3) is 0.0714. The van der Waals surface area contributed by atoms with Gasteiger partial charge in [-0.15, -0.1) is 11.3 Å². The van der Waals surface area contributed by atoms with Gasteiger partial charge in [-0.25, -0.2) is 4.98 Å². The summed E-state index contributed by atoms with van der Waals surface area (Å²) in [6.45, 7) is 2.06. The predicted molar refractivity (Wildman–Crippen MR) is 71.5 cm³/mol. The van der Waals surface area contributed by atoms with E-state index in [1.54, 1.807) is 6.07 Å². The van der Waals surface area contributed by atoms with Crippen LogP contribution in [0.5, 0.6) is 5.75 Å². The summed E-state index contributed by atoms with van der Waals surface area (Å²) in [5.74, 6) is 0.304. The van der Waals surface area contributed by atoms with Crippen LogP contribution in [0.4, 0.5) is 0 Å². The molecule has 0 fully saturated rings. The van der Waals surface area contributed by atoms with Gasteiger partial charge < -0.3 is 5.11 Å². The van der Waals surface area contributed by atoms with Crippen molar-refractivity contribution in [2.45, 2.75) is 6.92 Å². The molecule has 0 spiro atoms. The minimum atomic E-state index is 0.304. The molecule has 1 aromatic heterocycles. The minimum Gasteiger partial charge on any atom is -0.506 e. The van der Waals surface area contributed by atoms with E-state index < -0.39 is 0 Å². The summed E-state index contributed by atoms with van der Waals surface area (Å²) < 4.78 is 0.850. The van der Waals surface area contributed by atoms with Crippen LogP contribution in [0.3, 0.4) is 0 Å². The van der Waals surface area contributed by atoms with Crippen molar-refractivity contribution >= 4 is 21.6 Å². The Kier molecular flexibility index (Phi) is 2.34. The molecule has 0 aliphatic carbocycles. The molecular formula is C14H11NOS. The van der Waals surface area contributed by atoms with E-state index >= 15 is 0 Å². The molecule has 84 valence electrons. The maximum atomic E-state index is 9.75. The molecule has 0 saturated carbocycles. The molecule has 3 heteroatoms. The van der Waals surface area contributed by atoms with Gasteiger partial charge in [0.05, 0.1) is 10.2 Å².